The minimum atomic E-state index is -1.75. The topological polar surface area (TPSA) is 279 Å². The van der Waals surface area contributed by atoms with Gasteiger partial charge in [0.05, 0.1) is 34.7 Å². The van der Waals surface area contributed by atoms with Crippen molar-refractivity contribution in [2.24, 2.45) is 0 Å². The molecule has 0 saturated carbocycles. The van der Waals surface area contributed by atoms with E-state index >= 15 is 0 Å². The zero-order valence-corrected chi connectivity index (χ0v) is 26.6. The monoisotopic (exact) mass is 698 g/mol. The number of hydrogen-bond donors (Lipinski definition) is 2. The van der Waals surface area contributed by atoms with Gasteiger partial charge in [0.25, 0.3) is 11.8 Å². The van der Waals surface area contributed by atoms with E-state index in [9.17, 15) is 9.59 Å². The predicted octanol–water partition coefficient (Wildman–Crippen LogP) is 1.89. The number of hydrogen-bond acceptors (Lipinski definition) is 10. The molecule has 2 heterocycles. The van der Waals surface area contributed by atoms with E-state index in [1.807, 2.05) is 72.8 Å². The Morgan fingerprint density at radius 3 is 1.09 bits per heavy atom. The minimum absolute atomic E-state index is 0. The second-order valence-corrected chi connectivity index (χ2v) is 7.19. The first-order valence-corrected chi connectivity index (χ1v) is 11.3. The van der Waals surface area contributed by atoms with Crippen LogP contribution in [-0.4, -0.2) is 42.9 Å². The Morgan fingerprint density at radius 1 is 0.558 bits per heavy atom. The summed E-state index contributed by atoms with van der Waals surface area (Å²) in [7, 11) is 0. The number of benzene rings is 2. The second-order valence-electron chi connectivity index (χ2n) is 7.19. The van der Waals surface area contributed by atoms with Crippen LogP contribution < -0.4 is 10.6 Å². The molecule has 0 aliphatic carbocycles. The van der Waals surface area contributed by atoms with Crippen LogP contribution in [0, 0.1) is 30.6 Å². The summed E-state index contributed by atoms with van der Waals surface area (Å²) in [5.41, 5.74) is 3.04. The molecule has 16 nitrogen and oxygen atoms in total. The molecule has 0 saturated heterocycles. The first kappa shape index (κ1) is 42.4. The number of aromatic nitrogens is 2. The Balaban J connectivity index is -0.000000565. The molecule has 6 N–H and O–H groups in total. The quantitative estimate of drug-likeness (QED) is 0.168. The van der Waals surface area contributed by atoms with E-state index in [4.69, 9.17) is 30.6 Å². The van der Waals surface area contributed by atoms with E-state index in [0.29, 0.717) is 24.2 Å². The first-order valence-electron chi connectivity index (χ1n) is 11.3. The molecule has 224 valence electrons. The van der Waals surface area contributed by atoms with E-state index < -0.39 is 10.2 Å². The van der Waals surface area contributed by atoms with Crippen LogP contribution in [0.5, 0.6) is 0 Å². The van der Waals surface area contributed by atoms with E-state index in [1.165, 1.54) is 0 Å². The van der Waals surface area contributed by atoms with Crippen molar-refractivity contribution in [2.75, 3.05) is 0 Å². The molecule has 43 heavy (non-hydrogen) atoms. The fraction of sp³-hybridized carbons (Fsp3) is 0.0769. The average molecular weight is 697 g/mol. The normalized spacial score (nSPS) is 8.37. The van der Waals surface area contributed by atoms with Crippen LogP contribution in [0.25, 0.3) is 0 Å². The van der Waals surface area contributed by atoms with Gasteiger partial charge in [-0.2, -0.15) is 0 Å². The number of amides is 2. The molecule has 0 radical (unpaired) electrons. The predicted molar refractivity (Wildman–Crippen MR) is 152 cm³/mol. The van der Waals surface area contributed by atoms with Crippen molar-refractivity contribution in [3.8, 4) is 0 Å². The summed E-state index contributed by atoms with van der Waals surface area (Å²) < 4.78 is 0. The van der Waals surface area contributed by atoms with E-state index in [1.54, 1.807) is 36.7 Å². The Kier molecular flexibility index (Phi) is 25.5. The van der Waals surface area contributed by atoms with Crippen molar-refractivity contribution < 1.29 is 58.0 Å². The molecule has 0 aliphatic rings. The van der Waals surface area contributed by atoms with Crippen LogP contribution >= 0.6 is 0 Å². The Labute approximate surface area is 265 Å². The Morgan fingerprint density at radius 2 is 0.837 bits per heavy atom. The van der Waals surface area contributed by atoms with Crippen LogP contribution in [0.3, 0.4) is 0 Å². The average Bonchev–Trinajstić information content (AvgIpc) is 2.96. The number of carbonyl (C=O) groups excluding carboxylic acids is 2. The van der Waals surface area contributed by atoms with Crippen molar-refractivity contribution in [3.63, 3.8) is 0 Å². The molecule has 0 aliphatic heterocycles. The molecule has 0 bridgehead atoms. The van der Waals surface area contributed by atoms with Gasteiger partial charge in [0.1, 0.15) is 0 Å². The van der Waals surface area contributed by atoms with Crippen molar-refractivity contribution in [2.45, 2.75) is 13.1 Å². The maximum atomic E-state index is 11.7. The summed E-state index contributed by atoms with van der Waals surface area (Å²) in [6.45, 7) is 0.906. The molecule has 2 aromatic carbocycles. The zero-order valence-electron chi connectivity index (χ0n) is 22.6. The summed E-state index contributed by atoms with van der Waals surface area (Å²) in [6, 6.07) is 29.5. The third kappa shape index (κ3) is 22.3. The standard InChI is InChI=1S/2C13H12N2O.Cd.2NO3.2H2O/c2*16-13(11-6-2-1-3-7-11)15-10-12-8-4-5-9-14-12;;2*2-1(3)4;;/h2*1-9H,10H2,(H,15,16);;;;2*1H2/q;;+2;2*-1;;. The molecule has 0 atom stereocenters. The third-order valence-electron chi connectivity index (χ3n) is 4.38. The summed E-state index contributed by atoms with van der Waals surface area (Å²) in [6.07, 6.45) is 3.42. The van der Waals surface area contributed by atoms with Gasteiger partial charge >= 0.3 is 27.3 Å². The van der Waals surface area contributed by atoms with Crippen LogP contribution in [0.15, 0.2) is 109 Å². The van der Waals surface area contributed by atoms with Crippen LogP contribution in [-0.2, 0) is 40.4 Å². The van der Waals surface area contributed by atoms with Gasteiger partial charge in [0.15, 0.2) is 0 Å². The second kappa shape index (κ2) is 25.9. The van der Waals surface area contributed by atoms with Crippen molar-refractivity contribution in [1.82, 2.24) is 20.6 Å². The molecule has 0 unspecified atom stereocenters. The van der Waals surface area contributed by atoms with Crippen LogP contribution in [0.1, 0.15) is 32.1 Å². The molecule has 2 amide bonds. The fourth-order valence-electron chi connectivity index (χ4n) is 2.73. The molecule has 4 rings (SSSR count). The SMILES string of the molecule is O.O.O=C(NCc1ccccn1)c1ccccc1.O=C(NCc1ccccn1)c1ccccc1.O=[N+]([O-])[O-].O=[N+]([O-])[O-].[Cd+2]. The van der Waals surface area contributed by atoms with Gasteiger partial charge in [0.2, 0.25) is 0 Å². The number of carbonyl (C=O) groups is 2. The maximum absolute atomic E-state index is 11.7. The summed E-state index contributed by atoms with van der Waals surface area (Å²) in [5.74, 6) is -0.155. The van der Waals surface area contributed by atoms with Gasteiger partial charge in [-0.25, -0.2) is 0 Å². The first-order chi connectivity index (χ1) is 19.2. The zero-order chi connectivity index (χ0) is 29.6. The van der Waals surface area contributed by atoms with Gasteiger partial charge in [-0.1, -0.05) is 48.5 Å². The van der Waals surface area contributed by atoms with E-state index in [0.717, 1.165) is 11.4 Å². The number of rotatable bonds is 6. The molecular formula is C26H28CdN6O10. The molecule has 0 spiro atoms. The summed E-state index contributed by atoms with van der Waals surface area (Å²) >= 11 is 0. The minimum Gasteiger partial charge on any atom is -0.412 e. The van der Waals surface area contributed by atoms with E-state index in [2.05, 4.69) is 20.6 Å². The largest absolute Gasteiger partial charge is 2.00 e. The van der Waals surface area contributed by atoms with Gasteiger partial charge in [-0.05, 0) is 48.5 Å². The Bertz CT molecular complexity index is 1200. The van der Waals surface area contributed by atoms with E-state index in [-0.39, 0.29) is 50.1 Å². The molecular weight excluding hydrogens is 669 g/mol. The molecule has 2 aromatic heterocycles. The maximum Gasteiger partial charge on any atom is 2.00 e. The van der Waals surface area contributed by atoms with Gasteiger partial charge in [-0.3, -0.25) is 19.6 Å². The smallest absolute Gasteiger partial charge is 0.412 e. The fourth-order valence-corrected chi connectivity index (χ4v) is 2.73. The Hall–Kier alpha value is -5.08. The van der Waals surface area contributed by atoms with Gasteiger partial charge < -0.3 is 52.2 Å². The van der Waals surface area contributed by atoms with Gasteiger partial charge in [-0.15, -0.1) is 0 Å². The van der Waals surface area contributed by atoms with Crippen molar-refractivity contribution in [1.29, 1.82) is 0 Å². The number of nitrogens with zero attached hydrogens (tertiary/aromatic N) is 4. The van der Waals surface area contributed by atoms with Crippen LogP contribution in [0.2, 0.25) is 0 Å². The van der Waals surface area contributed by atoms with Crippen LogP contribution in [0.4, 0.5) is 0 Å². The van der Waals surface area contributed by atoms with Crippen molar-refractivity contribution in [3.05, 3.63) is 163 Å². The third-order valence-corrected chi connectivity index (χ3v) is 4.38. The number of pyridine rings is 2. The summed E-state index contributed by atoms with van der Waals surface area (Å²) in [5, 5.41) is 35.1. The molecule has 17 heteroatoms. The number of nitrogens with one attached hydrogen (secondary N) is 2. The molecule has 0 fully saturated rings. The molecule has 4 aromatic rings. The summed E-state index contributed by atoms with van der Waals surface area (Å²) in [4.78, 5) is 48.1. The van der Waals surface area contributed by atoms with Crippen molar-refractivity contribution >= 4 is 11.8 Å². The van der Waals surface area contributed by atoms with Gasteiger partial charge in [0, 0.05) is 23.5 Å².